The molecular formula is C11H13N5O2. The molecule has 0 aliphatic rings. The van der Waals surface area contributed by atoms with Crippen molar-refractivity contribution in [3.05, 3.63) is 36.2 Å². The zero-order valence-corrected chi connectivity index (χ0v) is 9.87. The monoisotopic (exact) mass is 247 g/mol. The maximum Gasteiger partial charge on any atom is 0.273 e. The van der Waals surface area contributed by atoms with Gasteiger partial charge in [-0.3, -0.25) is 9.48 Å². The van der Waals surface area contributed by atoms with E-state index in [1.54, 1.807) is 17.8 Å². The lowest BCUT2D eigenvalue weighted by Crippen LogP contribution is -2.27. The van der Waals surface area contributed by atoms with Gasteiger partial charge in [0, 0.05) is 26.2 Å². The first kappa shape index (κ1) is 12.0. The van der Waals surface area contributed by atoms with Crippen molar-refractivity contribution in [2.45, 2.75) is 6.42 Å². The fourth-order valence-corrected chi connectivity index (χ4v) is 1.49. The number of carbonyl (C=O) groups is 1. The van der Waals surface area contributed by atoms with E-state index in [1.165, 1.54) is 18.6 Å². The van der Waals surface area contributed by atoms with E-state index in [1.807, 2.05) is 0 Å². The Hall–Kier alpha value is -2.44. The Morgan fingerprint density at radius 1 is 1.50 bits per heavy atom. The first-order valence-corrected chi connectivity index (χ1v) is 5.43. The predicted octanol–water partition coefficient (Wildman–Crippen LogP) is -0.112. The number of nitrogens with zero attached hydrogens (tertiary/aromatic N) is 4. The lowest BCUT2D eigenvalue weighted by atomic mass is 10.3. The summed E-state index contributed by atoms with van der Waals surface area (Å²) in [4.78, 5) is 19.6. The summed E-state index contributed by atoms with van der Waals surface area (Å²) in [6.45, 7) is 0.404. The second-order valence-electron chi connectivity index (χ2n) is 3.68. The first-order chi connectivity index (χ1) is 8.68. The quantitative estimate of drug-likeness (QED) is 0.786. The van der Waals surface area contributed by atoms with E-state index in [0.717, 1.165) is 5.82 Å². The van der Waals surface area contributed by atoms with E-state index >= 15 is 0 Å². The maximum absolute atomic E-state index is 11.7. The van der Waals surface area contributed by atoms with Crippen LogP contribution in [0.1, 0.15) is 16.3 Å². The van der Waals surface area contributed by atoms with Crippen LogP contribution in [0.4, 0.5) is 0 Å². The van der Waals surface area contributed by atoms with Crippen molar-refractivity contribution in [1.29, 1.82) is 0 Å². The zero-order chi connectivity index (χ0) is 13.0. The van der Waals surface area contributed by atoms with Gasteiger partial charge in [-0.25, -0.2) is 9.97 Å². The van der Waals surface area contributed by atoms with Gasteiger partial charge in [0.2, 0.25) is 0 Å². The Labute approximate surface area is 104 Å². The highest BCUT2D eigenvalue weighted by molar-refractivity contribution is 5.94. The van der Waals surface area contributed by atoms with Crippen molar-refractivity contribution >= 4 is 5.91 Å². The third-order valence-corrected chi connectivity index (χ3v) is 2.44. The number of aromatic nitrogens is 4. The van der Waals surface area contributed by atoms with Crippen molar-refractivity contribution in [3.8, 4) is 5.75 Å². The maximum atomic E-state index is 11.7. The van der Waals surface area contributed by atoms with E-state index in [4.69, 9.17) is 0 Å². The SMILES string of the molecule is Cn1ncnc1CCNC(=O)c1ncccc1O. The van der Waals surface area contributed by atoms with Crippen LogP contribution in [-0.4, -0.2) is 37.3 Å². The molecule has 7 heteroatoms. The van der Waals surface area contributed by atoms with Crippen LogP contribution < -0.4 is 5.32 Å². The highest BCUT2D eigenvalue weighted by atomic mass is 16.3. The first-order valence-electron chi connectivity index (χ1n) is 5.43. The molecule has 2 aromatic heterocycles. The summed E-state index contributed by atoms with van der Waals surface area (Å²) in [5.74, 6) is 0.240. The van der Waals surface area contributed by atoms with Crippen LogP contribution in [0, 0.1) is 0 Å². The van der Waals surface area contributed by atoms with E-state index < -0.39 is 5.91 Å². The molecule has 0 atom stereocenters. The molecule has 0 radical (unpaired) electrons. The summed E-state index contributed by atoms with van der Waals surface area (Å²) in [5, 5.41) is 16.0. The van der Waals surface area contributed by atoms with E-state index in [9.17, 15) is 9.90 Å². The number of aromatic hydroxyl groups is 1. The summed E-state index contributed by atoms with van der Waals surface area (Å²) in [6.07, 6.45) is 3.48. The average molecular weight is 247 g/mol. The number of pyridine rings is 1. The highest BCUT2D eigenvalue weighted by Crippen LogP contribution is 2.11. The molecule has 94 valence electrons. The van der Waals surface area contributed by atoms with Crippen molar-refractivity contribution in [2.75, 3.05) is 6.54 Å². The average Bonchev–Trinajstić information content (AvgIpc) is 2.75. The number of rotatable bonds is 4. The van der Waals surface area contributed by atoms with Crippen LogP contribution in [0.25, 0.3) is 0 Å². The molecular weight excluding hydrogens is 234 g/mol. The molecule has 0 aromatic carbocycles. The highest BCUT2D eigenvalue weighted by Gasteiger charge is 2.11. The fraction of sp³-hybridized carbons (Fsp3) is 0.273. The third kappa shape index (κ3) is 2.62. The van der Waals surface area contributed by atoms with Crippen molar-refractivity contribution in [3.63, 3.8) is 0 Å². The van der Waals surface area contributed by atoms with Crippen LogP contribution in [0.5, 0.6) is 5.75 Å². The second kappa shape index (κ2) is 5.26. The fourth-order valence-electron chi connectivity index (χ4n) is 1.49. The standard InChI is InChI=1S/C11H13N5O2/c1-16-9(14-7-15-16)4-6-13-11(18)10-8(17)3-2-5-12-10/h2-3,5,7,17H,4,6H2,1H3,(H,13,18). The minimum Gasteiger partial charge on any atom is -0.505 e. The molecule has 2 heterocycles. The number of hydrogen-bond donors (Lipinski definition) is 2. The van der Waals surface area contributed by atoms with Gasteiger partial charge in [0.1, 0.15) is 17.9 Å². The molecule has 7 nitrogen and oxygen atoms in total. The Bertz CT molecular complexity index is 552. The Morgan fingerprint density at radius 3 is 3.00 bits per heavy atom. The van der Waals surface area contributed by atoms with E-state index in [-0.39, 0.29) is 11.4 Å². The van der Waals surface area contributed by atoms with Gasteiger partial charge in [-0.05, 0) is 12.1 Å². The molecule has 2 rings (SSSR count). The lowest BCUT2D eigenvalue weighted by molar-refractivity contribution is 0.0946. The number of aryl methyl sites for hydroxylation is 1. The van der Waals surface area contributed by atoms with Crippen molar-refractivity contribution < 1.29 is 9.90 Å². The van der Waals surface area contributed by atoms with Gasteiger partial charge in [0.15, 0.2) is 5.69 Å². The largest absolute Gasteiger partial charge is 0.505 e. The summed E-state index contributed by atoms with van der Waals surface area (Å²) < 4.78 is 1.64. The van der Waals surface area contributed by atoms with E-state index in [2.05, 4.69) is 20.4 Å². The van der Waals surface area contributed by atoms with Crippen LogP contribution in [0.2, 0.25) is 0 Å². The Morgan fingerprint density at radius 2 is 2.33 bits per heavy atom. The van der Waals surface area contributed by atoms with Crippen molar-refractivity contribution in [2.24, 2.45) is 7.05 Å². The molecule has 0 spiro atoms. The summed E-state index contributed by atoms with van der Waals surface area (Å²) in [5.41, 5.74) is 0.0236. The summed E-state index contributed by atoms with van der Waals surface area (Å²) in [7, 11) is 1.79. The minimum atomic E-state index is -0.407. The zero-order valence-electron chi connectivity index (χ0n) is 9.87. The third-order valence-electron chi connectivity index (χ3n) is 2.44. The second-order valence-corrected chi connectivity index (χ2v) is 3.68. The number of nitrogens with one attached hydrogen (secondary N) is 1. The number of amides is 1. The normalized spacial score (nSPS) is 10.3. The van der Waals surface area contributed by atoms with Gasteiger partial charge in [0.05, 0.1) is 0 Å². The van der Waals surface area contributed by atoms with E-state index in [0.29, 0.717) is 13.0 Å². The molecule has 0 bridgehead atoms. The van der Waals surface area contributed by atoms with Crippen LogP contribution in [0.3, 0.4) is 0 Å². The van der Waals surface area contributed by atoms with Gasteiger partial charge in [-0.2, -0.15) is 5.10 Å². The lowest BCUT2D eigenvalue weighted by Gasteiger charge is -2.05. The minimum absolute atomic E-state index is 0.0236. The summed E-state index contributed by atoms with van der Waals surface area (Å²) in [6, 6.07) is 2.98. The number of carbonyl (C=O) groups excluding carboxylic acids is 1. The van der Waals surface area contributed by atoms with Gasteiger partial charge in [-0.1, -0.05) is 0 Å². The molecule has 0 unspecified atom stereocenters. The number of hydrogen-bond acceptors (Lipinski definition) is 5. The molecule has 18 heavy (non-hydrogen) atoms. The van der Waals surface area contributed by atoms with Gasteiger partial charge in [-0.15, -0.1) is 0 Å². The van der Waals surface area contributed by atoms with Crippen LogP contribution in [0.15, 0.2) is 24.7 Å². The molecule has 2 aromatic rings. The van der Waals surface area contributed by atoms with Crippen LogP contribution >= 0.6 is 0 Å². The van der Waals surface area contributed by atoms with Crippen LogP contribution in [-0.2, 0) is 13.5 Å². The van der Waals surface area contributed by atoms with Gasteiger partial charge < -0.3 is 10.4 Å². The van der Waals surface area contributed by atoms with Crippen molar-refractivity contribution in [1.82, 2.24) is 25.1 Å². The molecule has 1 amide bonds. The smallest absolute Gasteiger partial charge is 0.273 e. The summed E-state index contributed by atoms with van der Waals surface area (Å²) >= 11 is 0. The Kier molecular flexibility index (Phi) is 3.52. The topological polar surface area (TPSA) is 92.9 Å². The molecule has 0 aliphatic carbocycles. The molecule has 0 fully saturated rings. The molecule has 0 saturated carbocycles. The molecule has 0 saturated heterocycles. The predicted molar refractivity (Wildman–Crippen MR) is 62.9 cm³/mol. The van der Waals surface area contributed by atoms with Gasteiger partial charge >= 0.3 is 0 Å². The Balaban J connectivity index is 1.90. The molecule has 2 N–H and O–H groups in total. The van der Waals surface area contributed by atoms with Gasteiger partial charge in [0.25, 0.3) is 5.91 Å². The molecule has 0 aliphatic heterocycles.